The Kier molecular flexibility index (Phi) is 5.72. The van der Waals surface area contributed by atoms with Crippen LogP contribution >= 0.6 is 46.6 Å². The van der Waals surface area contributed by atoms with Gasteiger partial charge in [-0.1, -0.05) is 47.5 Å². The molecule has 4 nitrogen and oxygen atoms in total. The molecule has 26 heavy (non-hydrogen) atoms. The topological polar surface area (TPSA) is 67.5 Å². The number of urea groups is 1. The number of aryl methyl sites for hydroxylation is 1. The number of rotatable bonds is 3. The minimum atomic E-state index is -0.927. The number of nitrogens with zero attached hydrogens (tertiary/aromatic N) is 1. The molecule has 0 saturated heterocycles. The van der Waals surface area contributed by atoms with Crippen molar-refractivity contribution in [1.82, 2.24) is 5.43 Å². The van der Waals surface area contributed by atoms with Gasteiger partial charge in [0.15, 0.2) is 0 Å². The number of carbonyl (C=O) groups is 1. The molecule has 1 aliphatic rings. The number of nitrogens with one attached hydrogen (secondary N) is 1. The Morgan fingerprint density at radius 3 is 2.77 bits per heavy atom. The molecule has 0 aliphatic carbocycles. The number of nitrogens with two attached hydrogens (primary N) is 1. The average Bonchev–Trinajstić information content (AvgIpc) is 2.57. The van der Waals surface area contributed by atoms with Crippen LogP contribution in [0.25, 0.3) is 0 Å². The Morgan fingerprint density at radius 1 is 1.35 bits per heavy atom. The monoisotopic (exact) mass is 427 g/mol. The number of hydrogen-bond donors (Lipinski definition) is 2. The van der Waals surface area contributed by atoms with Crippen LogP contribution in [-0.4, -0.2) is 18.0 Å². The van der Waals surface area contributed by atoms with Crippen molar-refractivity contribution >= 4 is 58.8 Å². The van der Waals surface area contributed by atoms with E-state index in [0.29, 0.717) is 15.8 Å². The first-order valence-electron chi connectivity index (χ1n) is 7.80. The number of hydrazone groups is 1. The third kappa shape index (κ3) is 3.54. The van der Waals surface area contributed by atoms with Crippen molar-refractivity contribution in [2.24, 2.45) is 16.8 Å². The highest BCUT2D eigenvalue weighted by molar-refractivity contribution is 7.99. The predicted octanol–water partition coefficient (Wildman–Crippen LogP) is 5.16. The van der Waals surface area contributed by atoms with E-state index in [2.05, 4.69) is 10.5 Å². The number of primary amides is 1. The smallest absolute Gasteiger partial charge is 0.332 e. The molecule has 2 amide bonds. The number of halogens is 3. The highest BCUT2D eigenvalue weighted by Crippen LogP contribution is 2.54. The Morgan fingerprint density at radius 2 is 2.08 bits per heavy atom. The minimum absolute atomic E-state index is 0.218. The van der Waals surface area contributed by atoms with Gasteiger partial charge in [-0.3, -0.25) is 0 Å². The minimum Gasteiger partial charge on any atom is -0.350 e. The van der Waals surface area contributed by atoms with E-state index in [-0.39, 0.29) is 5.92 Å². The first kappa shape index (κ1) is 19.4. The zero-order valence-electron chi connectivity index (χ0n) is 13.8. The van der Waals surface area contributed by atoms with E-state index in [9.17, 15) is 4.79 Å². The van der Waals surface area contributed by atoms with E-state index in [1.807, 2.05) is 37.3 Å². The average molecular weight is 429 g/mol. The summed E-state index contributed by atoms with van der Waals surface area (Å²) in [5, 5.41) is 5.04. The van der Waals surface area contributed by atoms with Crippen molar-refractivity contribution in [3.63, 3.8) is 0 Å². The number of amides is 2. The van der Waals surface area contributed by atoms with Crippen molar-refractivity contribution < 1.29 is 4.79 Å². The standard InChI is InChI=1S/C18H16Cl3N3OS/c1-10-4-2-3-5-13(10)18(21)11(8-23-24-17(22)25)9-26-16-14(18)6-12(19)7-15(16)20/h2-8,11H,9H2,1H3,(H3,22,24,25). The predicted molar refractivity (Wildman–Crippen MR) is 110 cm³/mol. The normalized spacial score (nSPS) is 22.2. The number of benzene rings is 2. The van der Waals surface area contributed by atoms with Gasteiger partial charge in [-0.15, -0.1) is 23.4 Å². The summed E-state index contributed by atoms with van der Waals surface area (Å²) in [4.78, 5) is 10.9. The first-order chi connectivity index (χ1) is 12.3. The Hall–Kier alpha value is -1.40. The number of alkyl halides is 1. The lowest BCUT2D eigenvalue weighted by Gasteiger charge is -2.40. The SMILES string of the molecule is Cc1ccccc1C1(Cl)c2cc(Cl)cc(Cl)c2SCC1C=NNC(N)=O. The lowest BCUT2D eigenvalue weighted by molar-refractivity contribution is 0.249. The fraction of sp³-hybridized carbons (Fsp3) is 0.222. The summed E-state index contributed by atoms with van der Waals surface area (Å²) in [6, 6.07) is 10.7. The van der Waals surface area contributed by atoms with E-state index in [1.54, 1.807) is 24.0 Å². The summed E-state index contributed by atoms with van der Waals surface area (Å²) < 4.78 is 0. The highest BCUT2D eigenvalue weighted by Gasteiger charge is 2.45. The summed E-state index contributed by atoms with van der Waals surface area (Å²) in [6.45, 7) is 2.00. The molecule has 2 atom stereocenters. The van der Waals surface area contributed by atoms with E-state index in [0.717, 1.165) is 21.6 Å². The van der Waals surface area contributed by atoms with Gasteiger partial charge in [-0.2, -0.15) is 5.10 Å². The lowest BCUT2D eigenvalue weighted by Crippen LogP contribution is -2.38. The van der Waals surface area contributed by atoms with E-state index >= 15 is 0 Å². The number of thioether (sulfide) groups is 1. The molecule has 0 aromatic heterocycles. The maximum Gasteiger partial charge on any atom is 0.332 e. The molecule has 2 aromatic carbocycles. The summed E-state index contributed by atoms with van der Waals surface area (Å²) in [6.07, 6.45) is 1.62. The maximum atomic E-state index is 10.9. The molecule has 2 unspecified atom stereocenters. The van der Waals surface area contributed by atoms with Crippen molar-refractivity contribution in [1.29, 1.82) is 0 Å². The first-order valence-corrected chi connectivity index (χ1v) is 9.92. The molecule has 1 heterocycles. The molecule has 0 saturated carbocycles. The molecule has 3 rings (SSSR count). The van der Waals surface area contributed by atoms with Gasteiger partial charge < -0.3 is 5.73 Å². The largest absolute Gasteiger partial charge is 0.350 e. The van der Waals surface area contributed by atoms with Gasteiger partial charge in [0.1, 0.15) is 4.87 Å². The molecular weight excluding hydrogens is 413 g/mol. The zero-order chi connectivity index (χ0) is 18.9. The van der Waals surface area contributed by atoms with Crippen LogP contribution in [0.1, 0.15) is 16.7 Å². The van der Waals surface area contributed by atoms with E-state index in [4.69, 9.17) is 40.5 Å². The molecule has 1 aliphatic heterocycles. The number of hydrogen-bond acceptors (Lipinski definition) is 3. The van der Waals surface area contributed by atoms with Gasteiger partial charge in [0.05, 0.1) is 5.02 Å². The van der Waals surface area contributed by atoms with Crippen molar-refractivity contribution in [2.75, 3.05) is 5.75 Å². The van der Waals surface area contributed by atoms with Crippen LogP contribution in [0.5, 0.6) is 0 Å². The van der Waals surface area contributed by atoms with Crippen molar-refractivity contribution in [3.8, 4) is 0 Å². The van der Waals surface area contributed by atoms with Crippen LogP contribution in [0.4, 0.5) is 4.79 Å². The fourth-order valence-electron chi connectivity index (χ4n) is 3.13. The second-order valence-electron chi connectivity index (χ2n) is 5.96. The molecule has 0 bridgehead atoms. The molecule has 0 radical (unpaired) electrons. The molecule has 2 aromatic rings. The van der Waals surface area contributed by atoms with Gasteiger partial charge in [0.2, 0.25) is 0 Å². The fourth-order valence-corrected chi connectivity index (χ4v) is 5.68. The molecule has 3 N–H and O–H groups in total. The Labute approximate surface area is 171 Å². The van der Waals surface area contributed by atoms with Crippen molar-refractivity contribution in [3.05, 3.63) is 63.1 Å². The summed E-state index contributed by atoms with van der Waals surface area (Å²) in [5.41, 5.74) is 10.1. The summed E-state index contributed by atoms with van der Waals surface area (Å²) in [7, 11) is 0. The maximum absolute atomic E-state index is 10.9. The summed E-state index contributed by atoms with van der Waals surface area (Å²) in [5.74, 6) is 0.417. The van der Waals surface area contributed by atoms with Crippen LogP contribution in [0, 0.1) is 12.8 Å². The molecule has 0 fully saturated rings. The van der Waals surface area contributed by atoms with Crippen LogP contribution in [-0.2, 0) is 4.87 Å². The van der Waals surface area contributed by atoms with E-state index in [1.165, 1.54) is 0 Å². The van der Waals surface area contributed by atoms with Crippen LogP contribution in [0.2, 0.25) is 10.0 Å². The van der Waals surface area contributed by atoms with E-state index < -0.39 is 10.9 Å². The van der Waals surface area contributed by atoms with Crippen LogP contribution in [0.3, 0.4) is 0 Å². The summed E-state index contributed by atoms with van der Waals surface area (Å²) >= 11 is 21.6. The second-order valence-corrected chi connectivity index (χ2v) is 8.43. The second kappa shape index (κ2) is 7.69. The van der Waals surface area contributed by atoms with Gasteiger partial charge in [0.25, 0.3) is 0 Å². The molecule has 0 spiro atoms. The van der Waals surface area contributed by atoms with Gasteiger partial charge >= 0.3 is 6.03 Å². The Bertz CT molecular complexity index is 890. The number of fused-ring (bicyclic) bond motifs is 1. The Balaban J connectivity index is 2.20. The van der Waals surface area contributed by atoms with Gasteiger partial charge in [-0.05, 0) is 35.7 Å². The molecular formula is C18H16Cl3N3OS. The van der Waals surface area contributed by atoms with Gasteiger partial charge in [-0.25, -0.2) is 10.2 Å². The quantitative estimate of drug-likeness (QED) is 0.403. The van der Waals surface area contributed by atoms with Crippen LogP contribution < -0.4 is 11.2 Å². The third-order valence-electron chi connectivity index (χ3n) is 4.28. The van der Waals surface area contributed by atoms with Gasteiger partial charge in [0, 0.05) is 27.8 Å². The van der Waals surface area contributed by atoms with Crippen molar-refractivity contribution in [2.45, 2.75) is 16.7 Å². The molecule has 136 valence electrons. The highest BCUT2D eigenvalue weighted by atomic mass is 35.5. The third-order valence-corrected chi connectivity index (χ3v) is 6.85. The zero-order valence-corrected chi connectivity index (χ0v) is 16.9. The molecule has 8 heteroatoms. The van der Waals surface area contributed by atoms with Crippen LogP contribution in [0.15, 0.2) is 46.4 Å². The number of carbonyl (C=O) groups excluding carboxylic acids is 1. The lowest BCUT2D eigenvalue weighted by atomic mass is 9.79.